The summed E-state index contributed by atoms with van der Waals surface area (Å²) >= 11 is 6.09. The molecule has 4 rings (SSSR count). The van der Waals surface area contributed by atoms with Crippen molar-refractivity contribution in [2.75, 3.05) is 6.54 Å². The number of halogens is 3. The summed E-state index contributed by atoms with van der Waals surface area (Å²) in [5.41, 5.74) is 0.689. The number of aryl methyl sites for hydroxylation is 1. The Morgan fingerprint density at radius 1 is 1.25 bits per heavy atom. The number of hydrogen-bond donors (Lipinski definition) is 1. The Balaban J connectivity index is 1.58. The van der Waals surface area contributed by atoms with Crippen LogP contribution in [0.5, 0.6) is 0 Å². The molecule has 0 aliphatic carbocycles. The van der Waals surface area contributed by atoms with Crippen molar-refractivity contribution in [3.05, 3.63) is 89.0 Å². The first-order chi connectivity index (χ1) is 15.3. The van der Waals surface area contributed by atoms with Gasteiger partial charge in [-0.15, -0.1) is 5.10 Å². The minimum atomic E-state index is -0.821. The van der Waals surface area contributed by atoms with Gasteiger partial charge in [0.05, 0.1) is 17.3 Å². The lowest BCUT2D eigenvalue weighted by molar-refractivity contribution is 0.0936. The molecular weight excluding hydrogens is 440 g/mol. The van der Waals surface area contributed by atoms with Gasteiger partial charge in [-0.25, -0.2) is 23.4 Å². The highest BCUT2D eigenvalue weighted by Gasteiger charge is 2.33. The third kappa shape index (κ3) is 4.22. The molecule has 0 spiro atoms. The maximum Gasteiger partial charge on any atom is 0.291 e. The highest BCUT2D eigenvalue weighted by molar-refractivity contribution is 6.29. The molecular formula is C21H18ClF2N7O. The van der Waals surface area contributed by atoms with E-state index in [0.29, 0.717) is 10.8 Å². The van der Waals surface area contributed by atoms with Gasteiger partial charge < -0.3 is 5.32 Å². The van der Waals surface area contributed by atoms with E-state index in [1.807, 2.05) is 19.2 Å². The molecule has 1 N–H and O–H groups in total. The molecule has 1 amide bonds. The molecule has 1 atom stereocenters. The third-order valence-corrected chi connectivity index (χ3v) is 5.29. The Bertz CT molecular complexity index is 1290. The van der Waals surface area contributed by atoms with Gasteiger partial charge in [0.2, 0.25) is 5.82 Å². The molecule has 8 nitrogen and oxygen atoms in total. The van der Waals surface area contributed by atoms with Crippen molar-refractivity contribution >= 4 is 17.5 Å². The Morgan fingerprint density at radius 2 is 2.06 bits per heavy atom. The van der Waals surface area contributed by atoms with E-state index in [0.717, 1.165) is 22.4 Å². The number of nitrogens with one attached hydrogen (secondary N) is 1. The van der Waals surface area contributed by atoms with Crippen LogP contribution in [0.4, 0.5) is 8.78 Å². The molecule has 0 saturated heterocycles. The summed E-state index contributed by atoms with van der Waals surface area (Å²) in [7, 11) is 1.79. The lowest BCUT2D eigenvalue weighted by Gasteiger charge is -2.28. The van der Waals surface area contributed by atoms with Crippen LogP contribution in [0.25, 0.3) is 5.69 Å². The fourth-order valence-electron chi connectivity index (χ4n) is 3.25. The molecule has 4 aromatic rings. The van der Waals surface area contributed by atoms with Crippen molar-refractivity contribution < 1.29 is 13.6 Å². The number of carbonyl (C=O) groups is 1. The van der Waals surface area contributed by atoms with Crippen LogP contribution in [0, 0.1) is 11.6 Å². The second-order valence-electron chi connectivity index (χ2n) is 7.37. The average molecular weight is 458 g/mol. The number of nitrogens with zero attached hydrogens (tertiary/aromatic N) is 6. The van der Waals surface area contributed by atoms with Crippen molar-refractivity contribution in [2.24, 2.45) is 7.05 Å². The van der Waals surface area contributed by atoms with Crippen molar-refractivity contribution in [1.29, 1.82) is 0 Å². The molecule has 3 aromatic heterocycles. The van der Waals surface area contributed by atoms with Gasteiger partial charge in [0.25, 0.3) is 5.91 Å². The smallest absolute Gasteiger partial charge is 0.291 e. The van der Waals surface area contributed by atoms with E-state index in [1.165, 1.54) is 12.4 Å². The van der Waals surface area contributed by atoms with E-state index in [4.69, 9.17) is 11.6 Å². The van der Waals surface area contributed by atoms with E-state index in [2.05, 4.69) is 25.5 Å². The number of benzene rings is 1. The number of aromatic nitrogens is 6. The van der Waals surface area contributed by atoms with E-state index >= 15 is 0 Å². The molecule has 164 valence electrons. The zero-order valence-electron chi connectivity index (χ0n) is 17.1. The van der Waals surface area contributed by atoms with Crippen LogP contribution >= 0.6 is 11.6 Å². The van der Waals surface area contributed by atoms with Crippen LogP contribution < -0.4 is 5.32 Å². The molecule has 3 heterocycles. The van der Waals surface area contributed by atoms with Crippen molar-refractivity contribution in [2.45, 2.75) is 12.3 Å². The second-order valence-corrected chi connectivity index (χ2v) is 7.76. The fourth-order valence-corrected chi connectivity index (χ4v) is 3.41. The minimum Gasteiger partial charge on any atom is -0.348 e. The summed E-state index contributed by atoms with van der Waals surface area (Å²) in [4.78, 5) is 21.1. The summed E-state index contributed by atoms with van der Waals surface area (Å²) < 4.78 is 29.9. The Morgan fingerprint density at radius 3 is 2.75 bits per heavy atom. The normalized spacial score (nSPS) is 13.0. The molecule has 0 aliphatic rings. The van der Waals surface area contributed by atoms with Crippen molar-refractivity contribution in [3.8, 4) is 5.69 Å². The van der Waals surface area contributed by atoms with Crippen molar-refractivity contribution in [3.63, 3.8) is 0 Å². The molecule has 0 radical (unpaired) electrons. The van der Waals surface area contributed by atoms with Crippen LogP contribution in [0.3, 0.4) is 0 Å². The molecule has 0 fully saturated rings. The van der Waals surface area contributed by atoms with Crippen molar-refractivity contribution in [1.82, 2.24) is 34.8 Å². The fraction of sp³-hybridized carbons (Fsp3) is 0.190. The first kappa shape index (κ1) is 21.6. The highest BCUT2D eigenvalue weighted by atomic mass is 35.5. The Labute approximate surface area is 186 Å². The standard InChI is InChI=1S/C21H18ClF2N7O/c1-21(13-9-27-30(2)10-13,17-4-3-5-18(22)28-17)11-25-20(32)19-26-12-31(29-19)16-7-6-14(23)8-15(16)24/h3-10,12H,11H2,1-2H3,(H,25,32). The largest absolute Gasteiger partial charge is 0.348 e. The van der Waals surface area contributed by atoms with E-state index in [1.54, 1.807) is 30.1 Å². The van der Waals surface area contributed by atoms with Gasteiger partial charge in [-0.05, 0) is 31.2 Å². The zero-order valence-corrected chi connectivity index (χ0v) is 17.9. The Kier molecular flexibility index (Phi) is 5.70. The van der Waals surface area contributed by atoms with Gasteiger partial charge in [0, 0.05) is 31.4 Å². The zero-order chi connectivity index (χ0) is 22.9. The molecule has 1 aromatic carbocycles. The van der Waals surface area contributed by atoms with E-state index < -0.39 is 23.0 Å². The Hall–Kier alpha value is -3.66. The molecule has 0 saturated carbocycles. The summed E-state index contributed by atoms with van der Waals surface area (Å²) in [5, 5.41) is 11.4. The SMILES string of the molecule is Cn1cc(C(C)(CNC(=O)c2ncn(-c3ccc(F)cc3F)n2)c2cccc(Cl)n2)cn1. The topological polar surface area (TPSA) is 90.5 Å². The van der Waals surface area contributed by atoms with Gasteiger partial charge >= 0.3 is 0 Å². The summed E-state index contributed by atoms with van der Waals surface area (Å²) in [5.74, 6) is -2.27. The summed E-state index contributed by atoms with van der Waals surface area (Å²) in [6.07, 6.45) is 4.71. The predicted octanol–water partition coefficient (Wildman–Crippen LogP) is 3.06. The first-order valence-corrected chi connectivity index (χ1v) is 9.91. The van der Waals surface area contributed by atoms with Crippen LogP contribution in [0.1, 0.15) is 28.8 Å². The number of rotatable bonds is 6. The number of carbonyl (C=O) groups excluding carboxylic acids is 1. The third-order valence-electron chi connectivity index (χ3n) is 5.08. The molecule has 0 aliphatic heterocycles. The average Bonchev–Trinajstić information content (AvgIpc) is 3.41. The van der Waals surface area contributed by atoms with Crippen LogP contribution in [0.2, 0.25) is 5.15 Å². The lowest BCUT2D eigenvalue weighted by Crippen LogP contribution is -2.40. The highest BCUT2D eigenvalue weighted by Crippen LogP contribution is 2.30. The summed E-state index contributed by atoms with van der Waals surface area (Å²) in [6.45, 7) is 2.05. The number of pyridine rings is 1. The van der Waals surface area contributed by atoms with Crippen LogP contribution in [0.15, 0.2) is 55.1 Å². The minimum absolute atomic E-state index is 0.0266. The predicted molar refractivity (Wildman–Crippen MR) is 113 cm³/mol. The van der Waals surface area contributed by atoms with E-state index in [-0.39, 0.29) is 18.1 Å². The van der Waals surface area contributed by atoms with Crippen LogP contribution in [-0.2, 0) is 12.5 Å². The van der Waals surface area contributed by atoms with Gasteiger partial charge in [-0.1, -0.05) is 17.7 Å². The summed E-state index contributed by atoms with van der Waals surface area (Å²) in [6, 6.07) is 8.30. The molecule has 32 heavy (non-hydrogen) atoms. The van der Waals surface area contributed by atoms with E-state index in [9.17, 15) is 13.6 Å². The monoisotopic (exact) mass is 457 g/mol. The van der Waals surface area contributed by atoms with Gasteiger partial charge in [0.1, 0.15) is 23.0 Å². The second kappa shape index (κ2) is 8.46. The molecule has 0 bridgehead atoms. The maximum atomic E-state index is 14.0. The first-order valence-electron chi connectivity index (χ1n) is 9.54. The number of hydrogen-bond acceptors (Lipinski definition) is 5. The van der Waals surface area contributed by atoms with Gasteiger partial charge in [-0.3, -0.25) is 9.48 Å². The lowest BCUT2D eigenvalue weighted by atomic mass is 9.80. The quantitative estimate of drug-likeness (QED) is 0.449. The number of amides is 1. The van der Waals surface area contributed by atoms with Gasteiger partial charge in [-0.2, -0.15) is 5.10 Å². The maximum absolute atomic E-state index is 14.0. The van der Waals surface area contributed by atoms with Crippen LogP contribution in [-0.4, -0.2) is 42.0 Å². The molecule has 11 heteroatoms. The van der Waals surface area contributed by atoms with Gasteiger partial charge in [0.15, 0.2) is 5.82 Å². The molecule has 1 unspecified atom stereocenters.